The third-order valence-electron chi connectivity index (χ3n) is 4.91. The summed E-state index contributed by atoms with van der Waals surface area (Å²) in [6, 6.07) is 8.41. The number of benzene rings is 1. The molecule has 0 unspecified atom stereocenters. The van der Waals surface area contributed by atoms with Crippen molar-refractivity contribution in [3.05, 3.63) is 29.8 Å². The smallest absolute Gasteiger partial charge is 0.242 e. The number of carbonyl (C=O) groups excluding carboxylic acids is 2. The summed E-state index contributed by atoms with van der Waals surface area (Å²) in [5.74, 6) is -0.405. The van der Waals surface area contributed by atoms with E-state index in [1.165, 1.54) is 5.56 Å². The van der Waals surface area contributed by atoms with Crippen molar-refractivity contribution in [3.63, 3.8) is 0 Å². The van der Waals surface area contributed by atoms with Crippen molar-refractivity contribution in [3.8, 4) is 0 Å². The highest BCUT2D eigenvalue weighted by atomic mass is 16.2. The van der Waals surface area contributed by atoms with E-state index in [1.54, 1.807) is 0 Å². The van der Waals surface area contributed by atoms with Crippen molar-refractivity contribution in [2.24, 2.45) is 11.7 Å². The third kappa shape index (κ3) is 2.80. The zero-order valence-electron chi connectivity index (χ0n) is 13.0. The Hall–Kier alpha value is -2.04. The molecule has 2 heterocycles. The number of fused-ring (bicyclic) bond motifs is 1. The Balaban J connectivity index is 1.68. The Morgan fingerprint density at radius 2 is 2.05 bits per heavy atom. The Kier molecular flexibility index (Phi) is 4.05. The van der Waals surface area contributed by atoms with E-state index < -0.39 is 0 Å². The number of rotatable bonds is 3. The number of hydrogen-bond acceptors (Lipinski definition) is 3. The summed E-state index contributed by atoms with van der Waals surface area (Å²) in [4.78, 5) is 28.1. The van der Waals surface area contributed by atoms with Crippen LogP contribution in [0.3, 0.4) is 0 Å². The lowest BCUT2D eigenvalue weighted by molar-refractivity contribution is -0.136. The van der Waals surface area contributed by atoms with Gasteiger partial charge in [0.05, 0.1) is 12.5 Å². The fourth-order valence-electron chi connectivity index (χ4n) is 3.51. The molecule has 0 radical (unpaired) electrons. The summed E-state index contributed by atoms with van der Waals surface area (Å²) in [5.41, 5.74) is 7.88. The maximum atomic E-state index is 12.7. The van der Waals surface area contributed by atoms with Crippen molar-refractivity contribution in [1.82, 2.24) is 4.90 Å². The SMILES string of the molecule is C[C@H]1CC[C@H](C(N)=O)CN1C(=O)CN1CCc2ccccc21. The van der Waals surface area contributed by atoms with Crippen LogP contribution in [0.4, 0.5) is 5.69 Å². The van der Waals surface area contributed by atoms with Gasteiger partial charge < -0.3 is 15.5 Å². The van der Waals surface area contributed by atoms with Crippen LogP contribution < -0.4 is 10.6 Å². The van der Waals surface area contributed by atoms with Crippen molar-refractivity contribution < 1.29 is 9.59 Å². The van der Waals surface area contributed by atoms with E-state index in [0.29, 0.717) is 13.1 Å². The molecule has 5 heteroatoms. The molecule has 1 aromatic rings. The molecule has 1 fully saturated rings. The van der Waals surface area contributed by atoms with E-state index in [0.717, 1.165) is 31.5 Å². The van der Waals surface area contributed by atoms with E-state index in [4.69, 9.17) is 5.73 Å². The normalized spacial score (nSPS) is 24.2. The minimum absolute atomic E-state index is 0.0927. The van der Waals surface area contributed by atoms with E-state index >= 15 is 0 Å². The van der Waals surface area contributed by atoms with Gasteiger partial charge >= 0.3 is 0 Å². The summed E-state index contributed by atoms with van der Waals surface area (Å²) >= 11 is 0. The number of primary amides is 1. The first-order chi connectivity index (χ1) is 10.6. The molecule has 1 saturated heterocycles. The highest BCUT2D eigenvalue weighted by molar-refractivity contribution is 5.84. The fraction of sp³-hybridized carbons (Fsp3) is 0.529. The summed E-state index contributed by atoms with van der Waals surface area (Å²) in [7, 11) is 0. The zero-order valence-corrected chi connectivity index (χ0v) is 13.0. The van der Waals surface area contributed by atoms with Crippen LogP contribution in [0.15, 0.2) is 24.3 Å². The summed E-state index contributed by atoms with van der Waals surface area (Å²) in [5, 5.41) is 0. The van der Waals surface area contributed by atoms with Gasteiger partial charge in [-0.2, -0.15) is 0 Å². The van der Waals surface area contributed by atoms with Gasteiger partial charge in [0.2, 0.25) is 11.8 Å². The van der Waals surface area contributed by atoms with Crippen molar-refractivity contribution in [2.75, 3.05) is 24.5 Å². The monoisotopic (exact) mass is 301 g/mol. The predicted molar refractivity (Wildman–Crippen MR) is 85.5 cm³/mol. The highest BCUT2D eigenvalue weighted by Gasteiger charge is 2.32. The van der Waals surface area contributed by atoms with Gasteiger partial charge in [-0.3, -0.25) is 9.59 Å². The summed E-state index contributed by atoms with van der Waals surface area (Å²) in [6.07, 6.45) is 2.62. The molecule has 0 aliphatic carbocycles. The van der Waals surface area contributed by atoms with Gasteiger partial charge in [-0.1, -0.05) is 18.2 Å². The molecule has 22 heavy (non-hydrogen) atoms. The van der Waals surface area contributed by atoms with Crippen LogP contribution in [0.25, 0.3) is 0 Å². The second-order valence-corrected chi connectivity index (χ2v) is 6.37. The number of anilines is 1. The van der Waals surface area contributed by atoms with E-state index in [9.17, 15) is 9.59 Å². The molecule has 3 rings (SSSR count). The van der Waals surface area contributed by atoms with Crippen LogP contribution in [-0.4, -0.2) is 42.4 Å². The molecule has 118 valence electrons. The first-order valence-corrected chi connectivity index (χ1v) is 7.98. The van der Waals surface area contributed by atoms with Crippen LogP contribution in [0.1, 0.15) is 25.3 Å². The molecule has 2 amide bonds. The fourth-order valence-corrected chi connectivity index (χ4v) is 3.51. The first-order valence-electron chi connectivity index (χ1n) is 7.98. The lowest BCUT2D eigenvalue weighted by Crippen LogP contribution is -2.51. The quantitative estimate of drug-likeness (QED) is 0.911. The Morgan fingerprint density at radius 1 is 1.27 bits per heavy atom. The molecule has 0 bridgehead atoms. The van der Waals surface area contributed by atoms with Crippen LogP contribution >= 0.6 is 0 Å². The van der Waals surface area contributed by atoms with Gasteiger partial charge in [0.25, 0.3) is 0 Å². The molecule has 2 aliphatic rings. The minimum atomic E-state index is -0.295. The van der Waals surface area contributed by atoms with Gasteiger partial charge in [-0.15, -0.1) is 0 Å². The molecule has 0 aromatic heterocycles. The van der Waals surface area contributed by atoms with E-state index in [2.05, 4.69) is 17.0 Å². The number of nitrogens with zero attached hydrogens (tertiary/aromatic N) is 2. The molecule has 2 atom stereocenters. The van der Waals surface area contributed by atoms with Crippen molar-refractivity contribution in [2.45, 2.75) is 32.2 Å². The van der Waals surface area contributed by atoms with Gasteiger partial charge in [0, 0.05) is 24.8 Å². The van der Waals surface area contributed by atoms with E-state index in [1.807, 2.05) is 24.0 Å². The number of nitrogens with two attached hydrogens (primary N) is 1. The molecule has 2 aliphatic heterocycles. The lowest BCUT2D eigenvalue weighted by atomic mass is 9.93. The van der Waals surface area contributed by atoms with Gasteiger partial charge in [0.15, 0.2) is 0 Å². The zero-order chi connectivity index (χ0) is 15.7. The maximum Gasteiger partial charge on any atom is 0.242 e. The maximum absolute atomic E-state index is 12.7. The number of amides is 2. The number of carbonyl (C=O) groups is 2. The Morgan fingerprint density at radius 3 is 2.82 bits per heavy atom. The topological polar surface area (TPSA) is 66.6 Å². The Bertz CT molecular complexity index is 587. The molecule has 0 saturated carbocycles. The first kappa shape index (κ1) is 14.9. The Labute approximate surface area is 131 Å². The molecular weight excluding hydrogens is 278 g/mol. The number of piperidine rings is 1. The average Bonchev–Trinajstić information content (AvgIpc) is 2.90. The number of hydrogen-bond donors (Lipinski definition) is 1. The highest BCUT2D eigenvalue weighted by Crippen LogP contribution is 2.28. The second kappa shape index (κ2) is 5.99. The average molecular weight is 301 g/mol. The van der Waals surface area contributed by atoms with Crippen LogP contribution in [0.5, 0.6) is 0 Å². The second-order valence-electron chi connectivity index (χ2n) is 6.37. The minimum Gasteiger partial charge on any atom is -0.369 e. The van der Waals surface area contributed by atoms with Crippen molar-refractivity contribution >= 4 is 17.5 Å². The molecule has 0 spiro atoms. The van der Waals surface area contributed by atoms with Gasteiger partial charge in [0.1, 0.15) is 0 Å². The van der Waals surface area contributed by atoms with Crippen LogP contribution in [0.2, 0.25) is 0 Å². The van der Waals surface area contributed by atoms with Gasteiger partial charge in [-0.25, -0.2) is 0 Å². The standard InChI is InChI=1S/C17H23N3O2/c1-12-6-7-14(17(18)22)10-20(12)16(21)11-19-9-8-13-4-2-3-5-15(13)19/h2-5,12,14H,6-11H2,1H3,(H2,18,22)/t12-,14-/m0/s1. The van der Waals surface area contributed by atoms with Crippen LogP contribution in [-0.2, 0) is 16.0 Å². The third-order valence-corrected chi connectivity index (χ3v) is 4.91. The molecule has 1 aromatic carbocycles. The van der Waals surface area contributed by atoms with Gasteiger partial charge in [-0.05, 0) is 37.8 Å². The summed E-state index contributed by atoms with van der Waals surface area (Å²) < 4.78 is 0. The predicted octanol–water partition coefficient (Wildman–Crippen LogP) is 1.16. The number of para-hydroxylation sites is 1. The van der Waals surface area contributed by atoms with Crippen LogP contribution in [0, 0.1) is 5.92 Å². The van der Waals surface area contributed by atoms with Crippen molar-refractivity contribution in [1.29, 1.82) is 0 Å². The molecule has 2 N–H and O–H groups in total. The summed E-state index contributed by atoms with van der Waals surface area (Å²) in [6.45, 7) is 3.78. The largest absolute Gasteiger partial charge is 0.369 e. The molecular formula is C17H23N3O2. The van der Waals surface area contributed by atoms with E-state index in [-0.39, 0.29) is 23.8 Å². The molecule has 5 nitrogen and oxygen atoms in total. The number of likely N-dealkylation sites (tertiary alicyclic amines) is 1. The lowest BCUT2D eigenvalue weighted by Gasteiger charge is -2.38.